The number of nitrogens with zero attached hydrogens (tertiary/aromatic N) is 3. The van der Waals surface area contributed by atoms with Crippen molar-refractivity contribution in [1.29, 1.82) is 0 Å². The Morgan fingerprint density at radius 3 is 2.77 bits per heavy atom. The maximum Gasteiger partial charge on any atom is 0.414 e. The number of halogens is 2. The van der Waals surface area contributed by atoms with E-state index in [-0.39, 0.29) is 17.9 Å². The maximum absolute atomic E-state index is 14.6. The molecule has 1 heterocycles. The molecule has 1 aliphatic rings. The summed E-state index contributed by atoms with van der Waals surface area (Å²) in [7, 11) is 1.59. The number of hydrogen-bond donors (Lipinski definition) is 1. The second-order valence-corrected chi connectivity index (χ2v) is 6.28. The number of alkyl halides is 1. The number of hydrazine groups is 1. The van der Waals surface area contributed by atoms with Crippen molar-refractivity contribution in [3.8, 4) is 0 Å². The van der Waals surface area contributed by atoms with E-state index in [1.165, 1.54) is 16.0 Å². The van der Waals surface area contributed by atoms with E-state index >= 15 is 0 Å². The molecule has 2 rings (SSSR count). The Labute approximate surface area is 157 Å². The smallest absolute Gasteiger partial charge is 0.414 e. The van der Waals surface area contributed by atoms with Crippen LogP contribution in [0, 0.1) is 5.82 Å². The molecule has 1 fully saturated rings. The third kappa shape index (κ3) is 4.76. The van der Waals surface area contributed by atoms with E-state index in [0.29, 0.717) is 37.6 Å². The van der Waals surface area contributed by atoms with E-state index in [1.54, 1.807) is 26.1 Å². The van der Waals surface area contributed by atoms with Gasteiger partial charge in [-0.25, -0.2) is 14.6 Å². The van der Waals surface area contributed by atoms with Gasteiger partial charge in [-0.3, -0.25) is 14.7 Å². The molecule has 2 amide bonds. The quantitative estimate of drug-likeness (QED) is 0.548. The summed E-state index contributed by atoms with van der Waals surface area (Å²) >= 11 is 5.49. The van der Waals surface area contributed by atoms with E-state index in [0.717, 1.165) is 0 Å². The molecular weight excluding hydrogens is 363 g/mol. The number of rotatable bonds is 8. The van der Waals surface area contributed by atoms with Crippen LogP contribution in [-0.2, 0) is 9.53 Å². The van der Waals surface area contributed by atoms with Crippen molar-refractivity contribution in [3.05, 3.63) is 24.0 Å². The Morgan fingerprint density at radius 1 is 1.50 bits per heavy atom. The third-order valence-corrected chi connectivity index (χ3v) is 4.38. The van der Waals surface area contributed by atoms with Crippen molar-refractivity contribution >= 4 is 35.0 Å². The molecule has 1 aliphatic heterocycles. The third-order valence-electron chi connectivity index (χ3n) is 4.15. The summed E-state index contributed by atoms with van der Waals surface area (Å²) in [4.78, 5) is 26.4. The van der Waals surface area contributed by atoms with Crippen LogP contribution in [0.4, 0.5) is 20.6 Å². The number of hydrogen-bond acceptors (Lipinski definition) is 5. The van der Waals surface area contributed by atoms with E-state index in [2.05, 4.69) is 5.43 Å². The number of carbonyl (C=O) groups is 2. The Kier molecular flexibility index (Phi) is 7.05. The average molecular weight is 387 g/mol. The molecule has 0 unspecified atom stereocenters. The van der Waals surface area contributed by atoms with Crippen molar-refractivity contribution in [2.75, 3.05) is 48.9 Å². The average Bonchev–Trinajstić information content (AvgIpc) is 2.96. The van der Waals surface area contributed by atoms with Crippen LogP contribution in [0.1, 0.15) is 13.8 Å². The van der Waals surface area contributed by atoms with Crippen molar-refractivity contribution in [2.24, 2.45) is 0 Å². The van der Waals surface area contributed by atoms with Gasteiger partial charge in [-0.1, -0.05) is 0 Å². The molecule has 0 aliphatic carbocycles. The molecule has 1 aromatic rings. The number of amides is 2. The van der Waals surface area contributed by atoms with Crippen molar-refractivity contribution < 1.29 is 18.7 Å². The molecular formula is C17H24ClFN4O3. The Balaban J connectivity index is 2.02. The summed E-state index contributed by atoms with van der Waals surface area (Å²) in [6, 6.07) is 4.70. The van der Waals surface area contributed by atoms with Gasteiger partial charge in [-0.15, -0.1) is 11.6 Å². The first-order valence-corrected chi connectivity index (χ1v) is 8.99. The second-order valence-electron chi connectivity index (χ2n) is 6.01. The number of carbonyl (C=O) groups excluding carboxylic acids is 2. The summed E-state index contributed by atoms with van der Waals surface area (Å²) in [5, 5.41) is 1.32. The molecule has 0 saturated carbocycles. The van der Waals surface area contributed by atoms with E-state index in [1.807, 2.05) is 11.8 Å². The molecule has 0 radical (unpaired) electrons. The van der Waals surface area contributed by atoms with Crippen LogP contribution in [0.25, 0.3) is 0 Å². The fourth-order valence-corrected chi connectivity index (χ4v) is 2.89. The molecule has 0 spiro atoms. The van der Waals surface area contributed by atoms with Crippen molar-refractivity contribution in [3.63, 3.8) is 0 Å². The molecule has 144 valence electrons. The number of anilines is 2. The van der Waals surface area contributed by atoms with E-state index < -0.39 is 11.9 Å². The SMILES string of the molecule is CCN(CCNN(C)C(=O)CCl)c1ccc(N2C[C@H](C)OC2=O)cc1F. The van der Waals surface area contributed by atoms with Gasteiger partial charge in [0.2, 0.25) is 0 Å². The summed E-state index contributed by atoms with van der Waals surface area (Å²) in [6.07, 6.45) is -0.677. The standard InChI is InChI=1S/C17H24ClFN4O3/c1-4-22(8-7-20-21(3)16(24)10-18)15-6-5-13(9-14(15)19)23-11-12(2)26-17(23)25/h5-6,9,12,20H,4,7-8,10-11H2,1-3H3/t12-/m0/s1. The van der Waals surface area contributed by atoms with Crippen LogP contribution in [0.5, 0.6) is 0 Å². The number of likely N-dealkylation sites (N-methyl/N-ethyl adjacent to an activating group) is 1. The molecule has 0 aromatic heterocycles. The maximum atomic E-state index is 14.6. The summed E-state index contributed by atoms with van der Waals surface area (Å²) < 4.78 is 19.7. The summed E-state index contributed by atoms with van der Waals surface area (Å²) in [6.45, 7) is 5.65. The highest BCUT2D eigenvalue weighted by molar-refractivity contribution is 6.27. The predicted octanol–water partition coefficient (Wildman–Crippen LogP) is 2.20. The number of ether oxygens (including phenoxy) is 1. The molecule has 7 nitrogen and oxygen atoms in total. The van der Waals surface area contributed by atoms with Crippen molar-refractivity contribution in [2.45, 2.75) is 20.0 Å². The highest BCUT2D eigenvalue weighted by atomic mass is 35.5. The van der Waals surface area contributed by atoms with Gasteiger partial charge in [-0.2, -0.15) is 0 Å². The molecule has 1 aromatic carbocycles. The van der Waals surface area contributed by atoms with Gasteiger partial charge in [0.15, 0.2) is 0 Å². The zero-order chi connectivity index (χ0) is 19.3. The normalized spacial score (nSPS) is 16.6. The topological polar surface area (TPSA) is 65.1 Å². The molecule has 1 saturated heterocycles. The van der Waals surface area contributed by atoms with Crippen LogP contribution in [0.3, 0.4) is 0 Å². The van der Waals surface area contributed by atoms with Crippen LogP contribution in [0.15, 0.2) is 18.2 Å². The van der Waals surface area contributed by atoms with Crippen LogP contribution >= 0.6 is 11.6 Å². The Bertz CT molecular complexity index is 661. The first-order valence-electron chi connectivity index (χ1n) is 8.46. The van der Waals surface area contributed by atoms with Crippen LogP contribution in [0.2, 0.25) is 0 Å². The Hall–Kier alpha value is -2.06. The summed E-state index contributed by atoms with van der Waals surface area (Å²) in [5.41, 5.74) is 3.83. The lowest BCUT2D eigenvalue weighted by molar-refractivity contribution is -0.129. The van der Waals surface area contributed by atoms with Gasteiger partial charge in [-0.05, 0) is 32.0 Å². The first-order chi connectivity index (χ1) is 12.4. The zero-order valence-electron chi connectivity index (χ0n) is 15.2. The van der Waals surface area contributed by atoms with Gasteiger partial charge < -0.3 is 9.64 Å². The lowest BCUT2D eigenvalue weighted by Gasteiger charge is -2.26. The van der Waals surface area contributed by atoms with Crippen LogP contribution < -0.4 is 15.2 Å². The predicted molar refractivity (Wildman–Crippen MR) is 99.1 cm³/mol. The fourth-order valence-electron chi connectivity index (χ4n) is 2.72. The number of cyclic esters (lactones) is 1. The number of nitrogens with one attached hydrogen (secondary N) is 1. The van der Waals surface area contributed by atoms with E-state index in [9.17, 15) is 14.0 Å². The lowest BCUT2D eigenvalue weighted by atomic mass is 10.2. The van der Waals surface area contributed by atoms with Gasteiger partial charge >= 0.3 is 6.09 Å². The molecule has 1 atom stereocenters. The number of benzene rings is 1. The van der Waals surface area contributed by atoms with Crippen molar-refractivity contribution in [1.82, 2.24) is 10.4 Å². The second kappa shape index (κ2) is 9.05. The Morgan fingerprint density at radius 2 is 2.23 bits per heavy atom. The van der Waals surface area contributed by atoms with Gasteiger partial charge in [0.1, 0.15) is 17.8 Å². The minimum atomic E-state index is -0.465. The highest BCUT2D eigenvalue weighted by Crippen LogP contribution is 2.27. The molecule has 26 heavy (non-hydrogen) atoms. The zero-order valence-corrected chi connectivity index (χ0v) is 15.9. The highest BCUT2D eigenvalue weighted by Gasteiger charge is 2.30. The lowest BCUT2D eigenvalue weighted by Crippen LogP contribution is -2.44. The van der Waals surface area contributed by atoms with Gasteiger partial charge in [0, 0.05) is 26.7 Å². The van der Waals surface area contributed by atoms with Gasteiger partial charge in [0.25, 0.3) is 5.91 Å². The molecule has 9 heteroatoms. The minimum Gasteiger partial charge on any atom is -0.444 e. The first kappa shape index (κ1) is 20.3. The summed E-state index contributed by atoms with van der Waals surface area (Å²) in [5.74, 6) is -0.756. The molecule has 1 N–H and O–H groups in total. The molecule has 0 bridgehead atoms. The largest absolute Gasteiger partial charge is 0.444 e. The fraction of sp³-hybridized carbons (Fsp3) is 0.529. The minimum absolute atomic E-state index is 0.103. The monoisotopic (exact) mass is 386 g/mol. The van der Waals surface area contributed by atoms with E-state index in [4.69, 9.17) is 16.3 Å². The van der Waals surface area contributed by atoms with Gasteiger partial charge in [0.05, 0.1) is 17.9 Å². The van der Waals surface area contributed by atoms with Crippen LogP contribution in [-0.4, -0.2) is 62.2 Å².